The predicted molar refractivity (Wildman–Crippen MR) is 130 cm³/mol. The Bertz CT molecular complexity index is 1200. The third kappa shape index (κ3) is 4.38. The summed E-state index contributed by atoms with van der Waals surface area (Å²) in [6.07, 6.45) is 5.01. The largest absolute Gasteiger partial charge is 0.495 e. The first-order valence-corrected chi connectivity index (χ1v) is 11.1. The van der Waals surface area contributed by atoms with Crippen LogP contribution in [0, 0.1) is 6.92 Å². The molecule has 0 aliphatic carbocycles. The van der Waals surface area contributed by atoms with E-state index in [0.717, 1.165) is 47.0 Å². The van der Waals surface area contributed by atoms with Crippen molar-refractivity contribution in [2.75, 3.05) is 25.5 Å². The van der Waals surface area contributed by atoms with E-state index >= 15 is 0 Å². The molecule has 1 saturated heterocycles. The third-order valence-corrected chi connectivity index (χ3v) is 6.54. The predicted octanol–water partition coefficient (Wildman–Crippen LogP) is 5.51. The highest BCUT2D eigenvalue weighted by molar-refractivity contribution is 6.40. The van der Waals surface area contributed by atoms with Gasteiger partial charge in [-0.2, -0.15) is 0 Å². The standard InChI is InChI=1S/C24H24Cl2N4O2/c1-4-20(31)30-9-5-6-17(13-30)28-24-27-12-16-11-15(7-8-18(16)29-24)21-22(25)14(2)10-19(32-3)23(21)26/h4,7-8,10-12,17H,1,5-6,9,13H2,2-3H3,(H,27,28,29). The minimum atomic E-state index is -0.0476. The van der Waals surface area contributed by atoms with Crippen LogP contribution in [0.1, 0.15) is 18.4 Å². The highest BCUT2D eigenvalue weighted by atomic mass is 35.5. The fourth-order valence-electron chi connectivity index (χ4n) is 4.01. The summed E-state index contributed by atoms with van der Waals surface area (Å²) in [6.45, 7) is 6.85. The fraction of sp³-hybridized carbons (Fsp3) is 0.292. The van der Waals surface area contributed by atoms with E-state index in [9.17, 15) is 4.79 Å². The van der Waals surface area contributed by atoms with Gasteiger partial charge in [-0.3, -0.25) is 4.79 Å². The lowest BCUT2D eigenvalue weighted by molar-refractivity contribution is -0.127. The number of hydrogen-bond acceptors (Lipinski definition) is 5. The van der Waals surface area contributed by atoms with Gasteiger partial charge < -0.3 is 15.0 Å². The number of anilines is 1. The van der Waals surface area contributed by atoms with Crippen molar-refractivity contribution in [2.24, 2.45) is 0 Å². The highest BCUT2D eigenvalue weighted by Crippen LogP contribution is 2.43. The van der Waals surface area contributed by atoms with Crippen molar-refractivity contribution in [2.45, 2.75) is 25.8 Å². The number of carbonyl (C=O) groups excluding carboxylic acids is 1. The summed E-state index contributed by atoms with van der Waals surface area (Å²) in [5.41, 5.74) is 3.27. The first kappa shape index (κ1) is 22.4. The molecule has 8 heteroatoms. The maximum Gasteiger partial charge on any atom is 0.246 e. The SMILES string of the molecule is C=CC(=O)N1CCCC(Nc2ncc3cc(-c4c(Cl)c(C)cc(OC)c4Cl)ccc3n2)C1. The van der Waals surface area contributed by atoms with Crippen LogP contribution in [0.4, 0.5) is 5.95 Å². The van der Waals surface area contributed by atoms with Crippen LogP contribution >= 0.6 is 23.2 Å². The molecule has 0 radical (unpaired) electrons. The summed E-state index contributed by atoms with van der Waals surface area (Å²) in [5, 5.41) is 5.29. The van der Waals surface area contributed by atoms with Gasteiger partial charge in [-0.25, -0.2) is 9.97 Å². The normalized spacial score (nSPS) is 16.1. The van der Waals surface area contributed by atoms with Crippen molar-refractivity contribution in [3.63, 3.8) is 0 Å². The molecule has 2 aromatic carbocycles. The summed E-state index contributed by atoms with van der Waals surface area (Å²) >= 11 is 13.1. The van der Waals surface area contributed by atoms with Crippen molar-refractivity contribution in [3.05, 3.63) is 58.7 Å². The van der Waals surface area contributed by atoms with Crippen LogP contribution < -0.4 is 10.1 Å². The molecule has 0 saturated carbocycles. The maximum atomic E-state index is 11.9. The van der Waals surface area contributed by atoms with Gasteiger partial charge in [0.25, 0.3) is 0 Å². The van der Waals surface area contributed by atoms with Gasteiger partial charge in [0.2, 0.25) is 11.9 Å². The Hall–Kier alpha value is -2.83. The Morgan fingerprint density at radius 1 is 1.31 bits per heavy atom. The number of piperidine rings is 1. The van der Waals surface area contributed by atoms with E-state index in [2.05, 4.69) is 21.9 Å². The minimum Gasteiger partial charge on any atom is -0.495 e. The summed E-state index contributed by atoms with van der Waals surface area (Å²) in [6, 6.07) is 7.76. The smallest absolute Gasteiger partial charge is 0.246 e. The van der Waals surface area contributed by atoms with Crippen LogP contribution in [0.25, 0.3) is 22.0 Å². The molecular weight excluding hydrogens is 447 g/mol. The van der Waals surface area contributed by atoms with Gasteiger partial charge in [0.05, 0.1) is 22.7 Å². The number of aromatic nitrogens is 2. The number of halogens is 2. The molecule has 32 heavy (non-hydrogen) atoms. The molecule has 1 aromatic heterocycles. The van der Waals surface area contributed by atoms with E-state index in [0.29, 0.717) is 28.3 Å². The van der Waals surface area contributed by atoms with Crippen molar-refractivity contribution in [1.29, 1.82) is 0 Å². The number of rotatable bonds is 5. The van der Waals surface area contributed by atoms with Crippen LogP contribution in [0.5, 0.6) is 5.75 Å². The number of nitrogens with one attached hydrogen (secondary N) is 1. The fourth-order valence-corrected chi connectivity index (χ4v) is 4.65. The van der Waals surface area contributed by atoms with Crippen molar-refractivity contribution in [3.8, 4) is 16.9 Å². The Morgan fingerprint density at radius 2 is 2.12 bits per heavy atom. The molecule has 166 valence electrons. The van der Waals surface area contributed by atoms with Crippen molar-refractivity contribution >= 4 is 46.0 Å². The van der Waals surface area contributed by atoms with Gasteiger partial charge >= 0.3 is 0 Å². The number of hydrogen-bond donors (Lipinski definition) is 1. The number of amides is 1. The number of nitrogens with zero attached hydrogens (tertiary/aromatic N) is 3. The van der Waals surface area contributed by atoms with Crippen LogP contribution in [-0.2, 0) is 4.79 Å². The second-order valence-corrected chi connectivity index (χ2v) is 8.59. The van der Waals surface area contributed by atoms with Crippen LogP contribution in [0.3, 0.4) is 0 Å². The molecule has 6 nitrogen and oxygen atoms in total. The second kappa shape index (κ2) is 9.35. The molecule has 1 aliphatic heterocycles. The topological polar surface area (TPSA) is 67.4 Å². The van der Waals surface area contributed by atoms with Crippen LogP contribution in [-0.4, -0.2) is 47.0 Å². The lowest BCUT2D eigenvalue weighted by Crippen LogP contribution is -2.44. The summed E-state index contributed by atoms with van der Waals surface area (Å²) in [5.74, 6) is 1.07. The van der Waals surface area contributed by atoms with Gasteiger partial charge in [0.15, 0.2) is 0 Å². The van der Waals surface area contributed by atoms with Gasteiger partial charge in [-0.1, -0.05) is 35.8 Å². The molecule has 0 bridgehead atoms. The number of methoxy groups -OCH3 is 1. The molecule has 3 aromatic rings. The molecule has 1 amide bonds. The highest BCUT2D eigenvalue weighted by Gasteiger charge is 2.23. The molecule has 1 fully saturated rings. The summed E-state index contributed by atoms with van der Waals surface area (Å²) in [4.78, 5) is 22.9. The number of fused-ring (bicyclic) bond motifs is 1. The van der Waals surface area contributed by atoms with E-state index in [-0.39, 0.29) is 11.9 Å². The molecule has 4 rings (SSSR count). The van der Waals surface area contributed by atoms with Crippen LogP contribution in [0.2, 0.25) is 10.0 Å². The van der Waals surface area contributed by atoms with Gasteiger partial charge in [-0.15, -0.1) is 0 Å². The van der Waals surface area contributed by atoms with E-state index in [1.54, 1.807) is 18.2 Å². The van der Waals surface area contributed by atoms with E-state index in [1.807, 2.05) is 31.2 Å². The molecule has 1 unspecified atom stereocenters. The maximum absolute atomic E-state index is 11.9. The first-order chi connectivity index (χ1) is 15.4. The molecular formula is C24H24Cl2N4O2. The average Bonchev–Trinajstić information content (AvgIpc) is 2.81. The number of aryl methyl sites for hydroxylation is 1. The zero-order valence-electron chi connectivity index (χ0n) is 18.0. The van der Waals surface area contributed by atoms with Crippen LogP contribution in [0.15, 0.2) is 43.1 Å². The summed E-state index contributed by atoms with van der Waals surface area (Å²) < 4.78 is 5.39. The lowest BCUT2D eigenvalue weighted by Gasteiger charge is -2.32. The van der Waals surface area contributed by atoms with Gasteiger partial charge in [0, 0.05) is 36.3 Å². The molecule has 1 atom stereocenters. The third-order valence-electron chi connectivity index (χ3n) is 5.68. The zero-order valence-corrected chi connectivity index (χ0v) is 19.5. The lowest BCUT2D eigenvalue weighted by atomic mass is 10.0. The van der Waals surface area contributed by atoms with E-state index in [4.69, 9.17) is 27.9 Å². The molecule has 1 N–H and O–H groups in total. The van der Waals surface area contributed by atoms with Crippen molar-refractivity contribution < 1.29 is 9.53 Å². The number of ether oxygens (including phenoxy) is 1. The zero-order chi connectivity index (χ0) is 22.8. The Labute approximate surface area is 197 Å². The van der Waals surface area contributed by atoms with Gasteiger partial charge in [-0.05, 0) is 55.2 Å². The monoisotopic (exact) mass is 470 g/mol. The first-order valence-electron chi connectivity index (χ1n) is 10.4. The number of benzene rings is 2. The number of carbonyl (C=O) groups is 1. The average molecular weight is 471 g/mol. The van der Waals surface area contributed by atoms with E-state index in [1.165, 1.54) is 6.08 Å². The molecule has 1 aliphatic rings. The molecule has 0 spiro atoms. The Kier molecular flexibility index (Phi) is 6.53. The Morgan fingerprint density at radius 3 is 2.88 bits per heavy atom. The van der Waals surface area contributed by atoms with E-state index < -0.39 is 0 Å². The van der Waals surface area contributed by atoms with Crippen molar-refractivity contribution in [1.82, 2.24) is 14.9 Å². The van der Waals surface area contributed by atoms with Gasteiger partial charge in [0.1, 0.15) is 5.75 Å². The summed E-state index contributed by atoms with van der Waals surface area (Å²) in [7, 11) is 1.58. The molecule has 2 heterocycles. The minimum absolute atomic E-state index is 0.0476. The Balaban J connectivity index is 1.61. The number of likely N-dealkylation sites (tertiary alicyclic amines) is 1. The second-order valence-electron chi connectivity index (χ2n) is 7.84. The quantitative estimate of drug-likeness (QED) is 0.497.